The molecule has 0 heterocycles. The van der Waals surface area contributed by atoms with E-state index in [1.807, 2.05) is 6.07 Å². The van der Waals surface area contributed by atoms with Crippen molar-refractivity contribution in [2.75, 3.05) is 7.11 Å². The fourth-order valence-electron chi connectivity index (χ4n) is 1.03. The SMILES string of the molecule is CO/C=C(/C=O)c1ccc(C#N)cc1. The Hall–Kier alpha value is -2.08. The molecule has 0 saturated carbocycles. The molecule has 0 fully saturated rings. The Bertz CT molecular complexity index is 385. The van der Waals surface area contributed by atoms with Crippen LogP contribution in [-0.4, -0.2) is 13.4 Å². The van der Waals surface area contributed by atoms with Crippen LogP contribution in [0.1, 0.15) is 11.1 Å². The van der Waals surface area contributed by atoms with Crippen molar-refractivity contribution in [1.82, 2.24) is 0 Å². The molecule has 3 nitrogen and oxygen atoms in total. The zero-order valence-electron chi connectivity index (χ0n) is 7.73. The molecular weight excluding hydrogens is 178 g/mol. The molecule has 0 unspecified atom stereocenters. The summed E-state index contributed by atoms with van der Waals surface area (Å²) in [6.07, 6.45) is 2.08. The average molecular weight is 187 g/mol. The van der Waals surface area contributed by atoms with Gasteiger partial charge >= 0.3 is 0 Å². The normalized spacial score (nSPS) is 10.4. The van der Waals surface area contributed by atoms with Gasteiger partial charge in [0.2, 0.25) is 0 Å². The van der Waals surface area contributed by atoms with Crippen LogP contribution >= 0.6 is 0 Å². The fourth-order valence-corrected chi connectivity index (χ4v) is 1.03. The number of benzene rings is 1. The minimum Gasteiger partial charge on any atom is -0.504 e. The second-order valence-electron chi connectivity index (χ2n) is 2.62. The lowest BCUT2D eigenvalue weighted by Gasteiger charge is -1.99. The van der Waals surface area contributed by atoms with Crippen LogP contribution in [-0.2, 0) is 9.53 Å². The fraction of sp³-hybridized carbons (Fsp3) is 0.0909. The van der Waals surface area contributed by atoms with Crippen molar-refractivity contribution >= 4 is 11.9 Å². The predicted molar refractivity (Wildman–Crippen MR) is 52.2 cm³/mol. The molecule has 70 valence electrons. The molecule has 3 heteroatoms. The molecule has 1 aromatic rings. The standard InChI is InChI=1S/C11H9NO2/c1-14-8-11(7-13)10-4-2-9(6-12)3-5-10/h2-5,7-8H,1H3/b11-8-. The summed E-state index contributed by atoms with van der Waals surface area (Å²) in [6.45, 7) is 0. The van der Waals surface area contributed by atoms with Gasteiger partial charge in [0.25, 0.3) is 0 Å². The molecule has 0 aliphatic rings. The van der Waals surface area contributed by atoms with Gasteiger partial charge in [-0.2, -0.15) is 5.26 Å². The van der Waals surface area contributed by atoms with E-state index in [4.69, 9.17) is 10.00 Å². The van der Waals surface area contributed by atoms with Crippen molar-refractivity contribution < 1.29 is 9.53 Å². The Morgan fingerprint density at radius 2 is 2.07 bits per heavy atom. The first-order chi connectivity index (χ1) is 6.81. The van der Waals surface area contributed by atoms with E-state index < -0.39 is 0 Å². The van der Waals surface area contributed by atoms with Gasteiger partial charge in [0.1, 0.15) is 0 Å². The first-order valence-electron chi connectivity index (χ1n) is 4.00. The van der Waals surface area contributed by atoms with Crippen molar-refractivity contribution in [3.05, 3.63) is 41.7 Å². The molecule has 14 heavy (non-hydrogen) atoms. The summed E-state index contributed by atoms with van der Waals surface area (Å²) in [5.41, 5.74) is 1.76. The van der Waals surface area contributed by atoms with E-state index in [0.29, 0.717) is 17.4 Å². The second-order valence-corrected chi connectivity index (χ2v) is 2.62. The van der Waals surface area contributed by atoms with Crippen molar-refractivity contribution in [3.8, 4) is 6.07 Å². The average Bonchev–Trinajstić information content (AvgIpc) is 2.26. The summed E-state index contributed by atoms with van der Waals surface area (Å²) in [4.78, 5) is 10.6. The van der Waals surface area contributed by atoms with Crippen LogP contribution in [0.25, 0.3) is 5.57 Å². The van der Waals surface area contributed by atoms with Gasteiger partial charge in [0, 0.05) is 0 Å². The molecule has 0 aliphatic carbocycles. The van der Waals surface area contributed by atoms with Gasteiger partial charge in [0.15, 0.2) is 6.29 Å². The predicted octanol–water partition coefficient (Wildman–Crippen LogP) is 1.74. The van der Waals surface area contributed by atoms with Gasteiger partial charge in [-0.3, -0.25) is 4.79 Å². The molecule has 0 atom stereocenters. The lowest BCUT2D eigenvalue weighted by molar-refractivity contribution is -0.103. The van der Waals surface area contributed by atoms with Gasteiger partial charge in [-0.05, 0) is 17.7 Å². The number of nitrogens with zero attached hydrogens (tertiary/aromatic N) is 1. The van der Waals surface area contributed by atoms with Crippen LogP contribution in [0.2, 0.25) is 0 Å². The molecule has 1 aromatic carbocycles. The van der Waals surface area contributed by atoms with Gasteiger partial charge < -0.3 is 4.74 Å². The molecule has 0 N–H and O–H groups in total. The number of allylic oxidation sites excluding steroid dienone is 1. The van der Waals surface area contributed by atoms with Crippen molar-refractivity contribution in [1.29, 1.82) is 5.26 Å². The highest BCUT2D eigenvalue weighted by atomic mass is 16.5. The topological polar surface area (TPSA) is 50.1 Å². The van der Waals surface area contributed by atoms with Crippen LogP contribution in [0, 0.1) is 11.3 Å². The number of nitriles is 1. The number of carbonyl (C=O) groups excluding carboxylic acids is 1. The monoisotopic (exact) mass is 187 g/mol. The molecule has 0 saturated heterocycles. The summed E-state index contributed by atoms with van der Waals surface area (Å²) in [6, 6.07) is 8.73. The van der Waals surface area contributed by atoms with E-state index >= 15 is 0 Å². The third-order valence-electron chi connectivity index (χ3n) is 1.72. The van der Waals surface area contributed by atoms with Gasteiger partial charge in [-0.1, -0.05) is 12.1 Å². The highest BCUT2D eigenvalue weighted by Crippen LogP contribution is 2.12. The maximum Gasteiger partial charge on any atom is 0.153 e. The van der Waals surface area contributed by atoms with E-state index in [0.717, 1.165) is 5.56 Å². The minimum atomic E-state index is 0.456. The summed E-state index contributed by atoms with van der Waals surface area (Å²) in [7, 11) is 1.48. The Kier molecular flexibility index (Phi) is 3.45. The van der Waals surface area contributed by atoms with Crippen LogP contribution in [0.15, 0.2) is 30.5 Å². The zero-order chi connectivity index (χ0) is 10.4. The van der Waals surface area contributed by atoms with E-state index in [2.05, 4.69) is 0 Å². The quantitative estimate of drug-likeness (QED) is 0.411. The van der Waals surface area contributed by atoms with Crippen molar-refractivity contribution in [2.24, 2.45) is 0 Å². The summed E-state index contributed by atoms with van der Waals surface area (Å²) in [5.74, 6) is 0. The number of aldehydes is 1. The molecule has 0 bridgehead atoms. The van der Waals surface area contributed by atoms with E-state index in [9.17, 15) is 4.79 Å². The number of rotatable bonds is 3. The highest BCUT2D eigenvalue weighted by molar-refractivity contribution is 6.06. The summed E-state index contributed by atoms with van der Waals surface area (Å²) < 4.78 is 4.75. The minimum absolute atomic E-state index is 0.456. The Morgan fingerprint density at radius 3 is 2.50 bits per heavy atom. The number of ether oxygens (including phenoxy) is 1. The smallest absolute Gasteiger partial charge is 0.153 e. The van der Waals surface area contributed by atoms with E-state index in [1.54, 1.807) is 24.3 Å². The molecule has 0 spiro atoms. The summed E-state index contributed by atoms with van der Waals surface area (Å²) in [5, 5.41) is 8.57. The maximum absolute atomic E-state index is 10.6. The third-order valence-corrected chi connectivity index (χ3v) is 1.72. The second kappa shape index (κ2) is 4.83. The van der Waals surface area contributed by atoms with Crippen molar-refractivity contribution in [2.45, 2.75) is 0 Å². The number of hydrogen-bond acceptors (Lipinski definition) is 3. The molecule has 0 amide bonds. The maximum atomic E-state index is 10.6. The van der Waals surface area contributed by atoms with Crippen molar-refractivity contribution in [3.63, 3.8) is 0 Å². The lowest BCUT2D eigenvalue weighted by atomic mass is 10.1. The van der Waals surface area contributed by atoms with E-state index in [1.165, 1.54) is 13.4 Å². The molecule has 0 radical (unpaired) electrons. The summed E-state index contributed by atoms with van der Waals surface area (Å²) >= 11 is 0. The molecule has 1 rings (SSSR count). The van der Waals surface area contributed by atoms with Gasteiger partial charge in [-0.25, -0.2) is 0 Å². The molecule has 0 aliphatic heterocycles. The molecule has 0 aromatic heterocycles. The van der Waals surface area contributed by atoms with Crippen LogP contribution in [0.3, 0.4) is 0 Å². The zero-order valence-corrected chi connectivity index (χ0v) is 7.73. The van der Waals surface area contributed by atoms with E-state index in [-0.39, 0.29) is 0 Å². The first kappa shape index (κ1) is 10.0. The molecular formula is C11H9NO2. The van der Waals surface area contributed by atoms with Crippen LogP contribution in [0.4, 0.5) is 0 Å². The highest BCUT2D eigenvalue weighted by Gasteiger charge is 1.99. The van der Waals surface area contributed by atoms with Crippen LogP contribution < -0.4 is 0 Å². The Balaban J connectivity index is 3.02. The van der Waals surface area contributed by atoms with Crippen LogP contribution in [0.5, 0.6) is 0 Å². The van der Waals surface area contributed by atoms with Gasteiger partial charge in [-0.15, -0.1) is 0 Å². The first-order valence-corrected chi connectivity index (χ1v) is 4.00. The number of methoxy groups -OCH3 is 1. The number of hydrogen-bond donors (Lipinski definition) is 0. The Morgan fingerprint density at radius 1 is 1.43 bits per heavy atom. The number of carbonyl (C=O) groups is 1. The third kappa shape index (κ3) is 2.20. The lowest BCUT2D eigenvalue weighted by Crippen LogP contribution is -1.87. The van der Waals surface area contributed by atoms with Gasteiger partial charge in [0.05, 0.1) is 30.6 Å². The Labute approximate surface area is 82.2 Å². The largest absolute Gasteiger partial charge is 0.504 e.